The summed E-state index contributed by atoms with van der Waals surface area (Å²) in [6.07, 6.45) is 3.31. The first-order valence-corrected chi connectivity index (χ1v) is 7.85. The largest absolute Gasteiger partial charge is 0.340 e. The van der Waals surface area contributed by atoms with Gasteiger partial charge in [-0.15, -0.1) is 0 Å². The fourth-order valence-electron chi connectivity index (χ4n) is 3.02. The molecule has 1 aliphatic heterocycles. The van der Waals surface area contributed by atoms with Crippen molar-refractivity contribution in [3.8, 4) is 0 Å². The topological polar surface area (TPSA) is 54.2 Å². The number of aromatic nitrogens is 2. The maximum atomic E-state index is 5.04. The second-order valence-corrected chi connectivity index (χ2v) is 6.27. The molecular formula is C15H28N4O. The van der Waals surface area contributed by atoms with Crippen LogP contribution in [0.4, 0.5) is 0 Å². The summed E-state index contributed by atoms with van der Waals surface area (Å²) in [5.41, 5.74) is 0. The van der Waals surface area contributed by atoms with Gasteiger partial charge in [-0.1, -0.05) is 25.9 Å². The number of aryl methyl sites for hydroxylation is 1. The second-order valence-electron chi connectivity index (χ2n) is 6.27. The van der Waals surface area contributed by atoms with Crippen LogP contribution in [0.5, 0.6) is 0 Å². The highest BCUT2D eigenvalue weighted by molar-refractivity contribution is 4.90. The van der Waals surface area contributed by atoms with Crippen LogP contribution in [-0.4, -0.2) is 46.8 Å². The SMILES string of the molecule is CCC1CNC(CC(C)C)CN1CCc1noc(C)n1. The Kier molecular flexibility index (Phi) is 5.54. The summed E-state index contributed by atoms with van der Waals surface area (Å²) in [7, 11) is 0. The van der Waals surface area contributed by atoms with Crippen LogP contribution < -0.4 is 5.32 Å². The van der Waals surface area contributed by atoms with Crippen molar-refractivity contribution in [2.45, 2.75) is 59.0 Å². The maximum absolute atomic E-state index is 5.04. The zero-order valence-corrected chi connectivity index (χ0v) is 13.2. The predicted octanol–water partition coefficient (Wildman–Crippen LogP) is 2.02. The van der Waals surface area contributed by atoms with Crippen molar-refractivity contribution in [1.82, 2.24) is 20.4 Å². The zero-order chi connectivity index (χ0) is 14.5. The van der Waals surface area contributed by atoms with Crippen LogP contribution in [0.2, 0.25) is 0 Å². The van der Waals surface area contributed by atoms with E-state index in [9.17, 15) is 0 Å². The van der Waals surface area contributed by atoms with Crippen LogP contribution in [0.15, 0.2) is 4.52 Å². The summed E-state index contributed by atoms with van der Waals surface area (Å²) in [5.74, 6) is 2.23. The van der Waals surface area contributed by atoms with E-state index in [0.29, 0.717) is 18.0 Å². The standard InChI is InChI=1S/C15H28N4O/c1-5-14-9-16-13(8-11(2)3)10-19(14)7-6-15-17-12(4)20-18-15/h11,13-14,16H,5-10H2,1-4H3. The smallest absolute Gasteiger partial charge is 0.223 e. The predicted molar refractivity (Wildman–Crippen MR) is 79.6 cm³/mol. The number of hydrogen-bond acceptors (Lipinski definition) is 5. The fourth-order valence-corrected chi connectivity index (χ4v) is 3.02. The van der Waals surface area contributed by atoms with Crippen LogP contribution >= 0.6 is 0 Å². The van der Waals surface area contributed by atoms with Gasteiger partial charge in [0.2, 0.25) is 5.89 Å². The van der Waals surface area contributed by atoms with E-state index in [0.717, 1.165) is 37.8 Å². The molecule has 1 fully saturated rings. The van der Waals surface area contributed by atoms with E-state index in [-0.39, 0.29) is 0 Å². The van der Waals surface area contributed by atoms with Gasteiger partial charge in [-0.2, -0.15) is 4.98 Å². The molecule has 1 N–H and O–H groups in total. The van der Waals surface area contributed by atoms with E-state index in [1.807, 2.05) is 6.92 Å². The molecule has 0 spiro atoms. The molecule has 2 rings (SSSR count). The molecule has 114 valence electrons. The highest BCUT2D eigenvalue weighted by Crippen LogP contribution is 2.15. The summed E-state index contributed by atoms with van der Waals surface area (Å²) in [5, 5.41) is 7.68. The van der Waals surface area contributed by atoms with E-state index < -0.39 is 0 Å². The highest BCUT2D eigenvalue weighted by Gasteiger charge is 2.26. The molecule has 0 bridgehead atoms. The van der Waals surface area contributed by atoms with Gasteiger partial charge in [0.15, 0.2) is 5.82 Å². The molecule has 5 nitrogen and oxygen atoms in total. The molecule has 5 heteroatoms. The van der Waals surface area contributed by atoms with Crippen LogP contribution in [0.3, 0.4) is 0 Å². The lowest BCUT2D eigenvalue weighted by Crippen LogP contribution is -2.56. The number of piperazine rings is 1. The Bertz CT molecular complexity index is 404. The molecule has 0 aliphatic carbocycles. The Morgan fingerprint density at radius 2 is 2.25 bits per heavy atom. The maximum Gasteiger partial charge on any atom is 0.223 e. The quantitative estimate of drug-likeness (QED) is 0.864. The molecule has 0 aromatic carbocycles. The van der Waals surface area contributed by atoms with E-state index in [1.54, 1.807) is 0 Å². The Morgan fingerprint density at radius 1 is 1.45 bits per heavy atom. The van der Waals surface area contributed by atoms with Gasteiger partial charge in [-0.05, 0) is 18.8 Å². The van der Waals surface area contributed by atoms with Gasteiger partial charge in [0.1, 0.15) is 0 Å². The second kappa shape index (κ2) is 7.18. The minimum Gasteiger partial charge on any atom is -0.340 e. The van der Waals surface area contributed by atoms with Gasteiger partial charge in [0.25, 0.3) is 0 Å². The molecule has 2 atom stereocenters. The summed E-state index contributed by atoms with van der Waals surface area (Å²) < 4.78 is 5.04. The summed E-state index contributed by atoms with van der Waals surface area (Å²) in [6.45, 7) is 11.9. The highest BCUT2D eigenvalue weighted by atomic mass is 16.5. The zero-order valence-electron chi connectivity index (χ0n) is 13.2. The van der Waals surface area contributed by atoms with E-state index in [1.165, 1.54) is 12.8 Å². The molecule has 1 aromatic rings. The molecule has 1 saturated heterocycles. The molecular weight excluding hydrogens is 252 g/mol. The number of nitrogens with zero attached hydrogens (tertiary/aromatic N) is 3. The monoisotopic (exact) mass is 280 g/mol. The number of hydrogen-bond donors (Lipinski definition) is 1. The van der Waals surface area contributed by atoms with Crippen LogP contribution in [0, 0.1) is 12.8 Å². The average Bonchev–Trinajstić information content (AvgIpc) is 2.82. The minimum absolute atomic E-state index is 0.616. The molecule has 0 amide bonds. The first kappa shape index (κ1) is 15.4. The third-order valence-electron chi connectivity index (χ3n) is 4.03. The van der Waals surface area contributed by atoms with Crippen molar-refractivity contribution < 1.29 is 4.52 Å². The minimum atomic E-state index is 0.616. The third-order valence-corrected chi connectivity index (χ3v) is 4.03. The van der Waals surface area contributed by atoms with Crippen molar-refractivity contribution in [3.63, 3.8) is 0 Å². The molecule has 0 radical (unpaired) electrons. The van der Waals surface area contributed by atoms with Crippen LogP contribution in [-0.2, 0) is 6.42 Å². The number of rotatable bonds is 6. The molecule has 0 saturated carbocycles. The number of nitrogens with one attached hydrogen (secondary N) is 1. The van der Waals surface area contributed by atoms with Gasteiger partial charge in [-0.25, -0.2) is 0 Å². The van der Waals surface area contributed by atoms with Crippen molar-refractivity contribution >= 4 is 0 Å². The van der Waals surface area contributed by atoms with E-state index >= 15 is 0 Å². The molecule has 2 unspecified atom stereocenters. The lowest BCUT2D eigenvalue weighted by Gasteiger charge is -2.40. The van der Waals surface area contributed by atoms with Crippen molar-refractivity contribution in [3.05, 3.63) is 11.7 Å². The summed E-state index contributed by atoms with van der Waals surface area (Å²) >= 11 is 0. The van der Waals surface area contributed by atoms with Crippen LogP contribution in [0.1, 0.15) is 45.3 Å². The lowest BCUT2D eigenvalue weighted by atomic mass is 9.99. The van der Waals surface area contributed by atoms with Gasteiger partial charge >= 0.3 is 0 Å². The molecule has 20 heavy (non-hydrogen) atoms. The third kappa shape index (κ3) is 4.28. The molecule has 1 aliphatic rings. The van der Waals surface area contributed by atoms with E-state index in [2.05, 4.69) is 41.1 Å². The Hall–Kier alpha value is -0.940. The first-order valence-electron chi connectivity index (χ1n) is 7.85. The van der Waals surface area contributed by atoms with Gasteiger partial charge in [0, 0.05) is 45.1 Å². The normalized spacial score (nSPS) is 24.4. The Labute approximate surface area is 122 Å². The van der Waals surface area contributed by atoms with Crippen LogP contribution in [0.25, 0.3) is 0 Å². The average molecular weight is 280 g/mol. The summed E-state index contributed by atoms with van der Waals surface area (Å²) in [4.78, 5) is 6.89. The van der Waals surface area contributed by atoms with Crippen molar-refractivity contribution in [2.75, 3.05) is 19.6 Å². The molecule has 2 heterocycles. The van der Waals surface area contributed by atoms with Gasteiger partial charge in [0.05, 0.1) is 0 Å². The first-order chi connectivity index (χ1) is 9.58. The Balaban J connectivity index is 1.88. The summed E-state index contributed by atoms with van der Waals surface area (Å²) in [6, 6.07) is 1.25. The Morgan fingerprint density at radius 3 is 2.85 bits per heavy atom. The van der Waals surface area contributed by atoms with E-state index in [4.69, 9.17) is 4.52 Å². The van der Waals surface area contributed by atoms with Gasteiger partial charge < -0.3 is 9.84 Å². The van der Waals surface area contributed by atoms with Crippen molar-refractivity contribution in [2.24, 2.45) is 5.92 Å². The fraction of sp³-hybridized carbons (Fsp3) is 0.867. The van der Waals surface area contributed by atoms with Gasteiger partial charge in [-0.3, -0.25) is 4.90 Å². The lowest BCUT2D eigenvalue weighted by molar-refractivity contribution is 0.119. The van der Waals surface area contributed by atoms with Crippen molar-refractivity contribution in [1.29, 1.82) is 0 Å². The molecule has 1 aromatic heterocycles.